The maximum atomic E-state index is 13.3. The number of nitrogens with one attached hydrogen (secondary N) is 1. The Balaban J connectivity index is 1.88. The van der Waals surface area contributed by atoms with Crippen LogP contribution in [0.15, 0.2) is 48.5 Å². The number of carbonyl (C=O) groups is 1. The fourth-order valence-electron chi connectivity index (χ4n) is 2.96. The second kappa shape index (κ2) is 11.1. The molecule has 0 fully saturated rings. The number of carbonyl (C=O) groups excluding carboxylic acids is 1. The number of amides is 1. The minimum absolute atomic E-state index is 0.0401. The van der Waals surface area contributed by atoms with Crippen LogP contribution in [0.1, 0.15) is 18.4 Å². The Bertz CT molecular complexity index is 1010. The summed E-state index contributed by atoms with van der Waals surface area (Å²) in [5.41, 5.74) is -1.52. The highest BCUT2D eigenvalue weighted by atomic mass is 32.2. The summed E-state index contributed by atoms with van der Waals surface area (Å²) in [4.78, 5) is 12.0. The number of rotatable bonds is 11. The van der Waals surface area contributed by atoms with E-state index in [1.807, 2.05) is 0 Å². The number of hydrogen-bond donors (Lipinski definition) is 1. The average Bonchev–Trinajstić information content (AvgIpc) is 2.73. The minimum atomic E-state index is -4.71. The molecule has 11 heteroatoms. The van der Waals surface area contributed by atoms with E-state index in [1.165, 1.54) is 19.2 Å². The van der Waals surface area contributed by atoms with Crippen molar-refractivity contribution >= 4 is 21.6 Å². The highest BCUT2D eigenvalue weighted by Crippen LogP contribution is 2.37. The minimum Gasteiger partial charge on any atom is -0.493 e. The van der Waals surface area contributed by atoms with Crippen LogP contribution in [0, 0.1) is 0 Å². The van der Waals surface area contributed by atoms with Gasteiger partial charge in [-0.1, -0.05) is 24.3 Å². The van der Waals surface area contributed by atoms with Crippen LogP contribution in [0.3, 0.4) is 0 Å². The van der Waals surface area contributed by atoms with Gasteiger partial charge in [0.05, 0.1) is 31.2 Å². The van der Waals surface area contributed by atoms with E-state index in [9.17, 15) is 26.4 Å². The van der Waals surface area contributed by atoms with E-state index < -0.39 is 27.5 Å². The second-order valence-electron chi connectivity index (χ2n) is 6.80. The lowest BCUT2D eigenvalue weighted by atomic mass is 10.1. The zero-order chi connectivity index (χ0) is 23.8. The summed E-state index contributed by atoms with van der Waals surface area (Å²) in [5, 5.41) is 2.63. The van der Waals surface area contributed by atoms with Gasteiger partial charge in [-0.2, -0.15) is 13.2 Å². The number of para-hydroxylation sites is 3. The number of alkyl halides is 3. The maximum absolute atomic E-state index is 13.3. The van der Waals surface area contributed by atoms with E-state index in [-0.39, 0.29) is 38.4 Å². The fourth-order valence-corrected chi connectivity index (χ4v) is 3.93. The van der Waals surface area contributed by atoms with Gasteiger partial charge in [-0.25, -0.2) is 8.42 Å². The number of ether oxygens (including phenoxy) is 2. The topological polar surface area (TPSA) is 84.9 Å². The van der Waals surface area contributed by atoms with E-state index in [2.05, 4.69) is 5.32 Å². The van der Waals surface area contributed by atoms with Crippen LogP contribution < -0.4 is 19.1 Å². The predicted molar refractivity (Wildman–Crippen MR) is 114 cm³/mol. The van der Waals surface area contributed by atoms with Gasteiger partial charge in [0.25, 0.3) is 0 Å². The quantitative estimate of drug-likeness (QED) is 0.505. The molecule has 2 aromatic rings. The highest BCUT2D eigenvalue weighted by molar-refractivity contribution is 7.92. The molecule has 0 saturated heterocycles. The monoisotopic (exact) mass is 474 g/mol. The van der Waals surface area contributed by atoms with Gasteiger partial charge in [0, 0.05) is 13.0 Å². The van der Waals surface area contributed by atoms with Gasteiger partial charge in [0.1, 0.15) is 6.61 Å². The first-order chi connectivity index (χ1) is 15.0. The third-order valence-electron chi connectivity index (χ3n) is 4.39. The molecule has 0 aliphatic heterocycles. The number of anilines is 1. The lowest BCUT2D eigenvalue weighted by Gasteiger charge is -2.25. The molecule has 0 heterocycles. The number of methoxy groups -OCH3 is 1. The Morgan fingerprint density at radius 3 is 2.31 bits per heavy atom. The summed E-state index contributed by atoms with van der Waals surface area (Å²) in [6, 6.07) is 11.5. The van der Waals surface area contributed by atoms with E-state index in [4.69, 9.17) is 9.47 Å². The van der Waals surface area contributed by atoms with E-state index in [0.717, 1.165) is 18.4 Å². The van der Waals surface area contributed by atoms with Crippen molar-refractivity contribution in [1.29, 1.82) is 0 Å². The van der Waals surface area contributed by atoms with Gasteiger partial charge in [-0.15, -0.1) is 0 Å². The number of halogens is 3. The van der Waals surface area contributed by atoms with Crippen LogP contribution in [0.4, 0.5) is 18.9 Å². The molecule has 7 nitrogen and oxygen atoms in total. The number of nitrogens with zero attached hydrogens (tertiary/aromatic N) is 1. The molecule has 1 amide bonds. The molecular formula is C21H25F3N2O5S. The zero-order valence-corrected chi connectivity index (χ0v) is 18.5. The molecule has 2 rings (SSSR count). The number of hydrogen-bond acceptors (Lipinski definition) is 5. The lowest BCUT2D eigenvalue weighted by molar-refractivity contribution is -0.137. The molecule has 0 saturated carbocycles. The molecule has 0 spiro atoms. The third-order valence-corrected chi connectivity index (χ3v) is 5.57. The van der Waals surface area contributed by atoms with Crippen molar-refractivity contribution in [1.82, 2.24) is 5.32 Å². The molecular weight excluding hydrogens is 449 g/mol. The van der Waals surface area contributed by atoms with Crippen molar-refractivity contribution in [2.45, 2.75) is 19.0 Å². The van der Waals surface area contributed by atoms with Crippen LogP contribution in [0.5, 0.6) is 11.5 Å². The van der Waals surface area contributed by atoms with E-state index in [0.29, 0.717) is 15.8 Å². The van der Waals surface area contributed by atoms with Crippen LogP contribution in [0.25, 0.3) is 0 Å². The normalized spacial score (nSPS) is 11.7. The van der Waals surface area contributed by atoms with Crippen LogP contribution in [0.2, 0.25) is 0 Å². The van der Waals surface area contributed by atoms with Crippen LogP contribution >= 0.6 is 0 Å². The summed E-state index contributed by atoms with van der Waals surface area (Å²) >= 11 is 0. The van der Waals surface area contributed by atoms with Crippen molar-refractivity contribution in [3.63, 3.8) is 0 Å². The Morgan fingerprint density at radius 1 is 1.06 bits per heavy atom. The summed E-state index contributed by atoms with van der Waals surface area (Å²) in [5.74, 6) is 0.710. The maximum Gasteiger partial charge on any atom is 0.418 e. The molecule has 0 aliphatic carbocycles. The molecule has 0 aliphatic rings. The number of benzene rings is 2. The summed E-state index contributed by atoms with van der Waals surface area (Å²) in [6.45, 7) is 0.112. The first-order valence-electron chi connectivity index (χ1n) is 9.70. The second-order valence-corrected chi connectivity index (χ2v) is 8.71. The first kappa shape index (κ1) is 25.3. The molecule has 1 N–H and O–H groups in total. The largest absolute Gasteiger partial charge is 0.493 e. The first-order valence-corrected chi connectivity index (χ1v) is 11.6. The van der Waals surface area contributed by atoms with Gasteiger partial charge in [0.2, 0.25) is 15.9 Å². The van der Waals surface area contributed by atoms with Gasteiger partial charge < -0.3 is 14.8 Å². The Morgan fingerprint density at radius 2 is 1.69 bits per heavy atom. The van der Waals surface area contributed by atoms with Crippen molar-refractivity contribution in [3.8, 4) is 11.5 Å². The molecule has 0 aromatic heterocycles. The Labute approximate surface area is 185 Å². The summed E-state index contributed by atoms with van der Waals surface area (Å²) in [7, 11) is -2.48. The predicted octanol–water partition coefficient (Wildman–Crippen LogP) is 3.46. The smallest absolute Gasteiger partial charge is 0.418 e. The SMILES string of the molecule is COc1ccccc1OCCNC(=O)CCCN(c1ccccc1C(F)(F)F)S(C)(=O)=O. The van der Waals surface area contributed by atoms with Gasteiger partial charge in [-0.05, 0) is 30.7 Å². The zero-order valence-electron chi connectivity index (χ0n) is 17.7. The Hall–Kier alpha value is -2.95. The molecule has 0 bridgehead atoms. The van der Waals surface area contributed by atoms with E-state index in [1.54, 1.807) is 24.3 Å². The molecule has 0 radical (unpaired) electrons. The van der Waals surface area contributed by atoms with Crippen molar-refractivity contribution < 1.29 is 35.9 Å². The average molecular weight is 475 g/mol. The molecule has 32 heavy (non-hydrogen) atoms. The van der Waals surface area contributed by atoms with Crippen LogP contribution in [-0.4, -0.2) is 47.4 Å². The van der Waals surface area contributed by atoms with Gasteiger partial charge in [0.15, 0.2) is 11.5 Å². The third kappa shape index (κ3) is 7.33. The lowest BCUT2D eigenvalue weighted by Crippen LogP contribution is -2.34. The van der Waals surface area contributed by atoms with Crippen LogP contribution in [-0.2, 0) is 21.0 Å². The Kier molecular flexibility index (Phi) is 8.76. The summed E-state index contributed by atoms with van der Waals surface area (Å²) in [6.07, 6.45) is -3.90. The molecule has 0 atom stereocenters. The standard InChI is InChI=1S/C21H25F3N2O5S/c1-30-18-10-5-6-11-19(18)31-15-13-25-20(27)12-7-14-26(32(2,28)29)17-9-4-3-8-16(17)21(22,23)24/h3-6,8-11H,7,12-15H2,1-2H3,(H,25,27). The van der Waals surface area contributed by atoms with E-state index >= 15 is 0 Å². The van der Waals surface area contributed by atoms with Gasteiger partial charge >= 0.3 is 6.18 Å². The van der Waals surface area contributed by atoms with Gasteiger partial charge in [-0.3, -0.25) is 9.10 Å². The molecule has 2 aromatic carbocycles. The van der Waals surface area contributed by atoms with Crippen molar-refractivity contribution in [2.75, 3.05) is 37.4 Å². The highest BCUT2D eigenvalue weighted by Gasteiger charge is 2.36. The van der Waals surface area contributed by atoms with Crippen molar-refractivity contribution in [3.05, 3.63) is 54.1 Å². The molecule has 0 unspecified atom stereocenters. The van der Waals surface area contributed by atoms with Crippen molar-refractivity contribution in [2.24, 2.45) is 0 Å². The summed E-state index contributed by atoms with van der Waals surface area (Å²) < 4.78 is 75.5. The fraction of sp³-hybridized carbons (Fsp3) is 0.381. The molecule has 176 valence electrons. The number of sulfonamides is 1.